The average Bonchev–Trinajstić information content (AvgIpc) is 3.29. The molecule has 1 aromatic carbocycles. The van der Waals surface area contributed by atoms with Crippen LogP contribution in [0.4, 0.5) is 10.6 Å². The Labute approximate surface area is 187 Å². The molecular formula is C24H30N6O2. The summed E-state index contributed by atoms with van der Waals surface area (Å²) in [5.74, 6) is 0.906. The van der Waals surface area contributed by atoms with E-state index in [0.29, 0.717) is 5.65 Å². The predicted molar refractivity (Wildman–Crippen MR) is 123 cm³/mol. The Morgan fingerprint density at radius 2 is 1.97 bits per heavy atom. The maximum Gasteiger partial charge on any atom is 0.408 e. The first kappa shape index (κ1) is 20.7. The summed E-state index contributed by atoms with van der Waals surface area (Å²) in [6.45, 7) is 9.39. The van der Waals surface area contributed by atoms with Gasteiger partial charge >= 0.3 is 6.09 Å². The largest absolute Gasteiger partial charge is 0.444 e. The van der Waals surface area contributed by atoms with Gasteiger partial charge in [-0.2, -0.15) is 5.10 Å². The molecule has 2 N–H and O–H groups in total. The Morgan fingerprint density at radius 1 is 1.22 bits per heavy atom. The smallest absolute Gasteiger partial charge is 0.408 e. The van der Waals surface area contributed by atoms with Crippen molar-refractivity contribution >= 4 is 23.1 Å². The zero-order valence-electron chi connectivity index (χ0n) is 19.1. The molecule has 3 aromatic rings. The number of nitrogens with one attached hydrogen (secondary N) is 2. The fourth-order valence-corrected chi connectivity index (χ4v) is 5.23. The molecular weight excluding hydrogens is 404 g/mol. The van der Waals surface area contributed by atoms with Gasteiger partial charge in [0.15, 0.2) is 11.5 Å². The van der Waals surface area contributed by atoms with Crippen LogP contribution in [0.3, 0.4) is 0 Å². The van der Waals surface area contributed by atoms with Crippen LogP contribution in [0.25, 0.3) is 11.2 Å². The molecule has 168 valence electrons. The number of aryl methyl sites for hydroxylation is 1. The summed E-state index contributed by atoms with van der Waals surface area (Å²) in [4.78, 5) is 24.4. The Bertz CT molecular complexity index is 1160. The van der Waals surface area contributed by atoms with Crippen molar-refractivity contribution in [2.24, 2.45) is 5.41 Å². The molecule has 0 bridgehead atoms. The molecule has 3 heterocycles. The number of benzene rings is 1. The van der Waals surface area contributed by atoms with Gasteiger partial charge in [0.05, 0.1) is 17.9 Å². The van der Waals surface area contributed by atoms with Crippen molar-refractivity contribution in [2.75, 3.05) is 18.0 Å². The molecule has 1 saturated heterocycles. The first-order valence-corrected chi connectivity index (χ1v) is 11.2. The fraction of sp³-hybridized carbons (Fsp3) is 0.500. The first-order valence-electron chi connectivity index (χ1n) is 11.2. The number of rotatable bonds is 2. The van der Waals surface area contributed by atoms with E-state index in [1.54, 1.807) is 6.20 Å². The first-order chi connectivity index (χ1) is 15.2. The lowest BCUT2D eigenvalue weighted by Crippen LogP contribution is -2.48. The standard InChI is InChI=1S/C24H30N6O2/c1-15-21(28-20-18(26-15)14-25-29-20)30-11-9-24(10-12-30)13-16-7-5-6-8-17(16)19(24)27-22(31)32-23(2,3)4/h5-8,14,19H,9-13H2,1-4H3,(H,27,31)(H,25,28,29)/t19-/m1/s1. The molecule has 1 amide bonds. The minimum absolute atomic E-state index is 0.0312. The van der Waals surface area contributed by atoms with Crippen molar-refractivity contribution in [3.8, 4) is 0 Å². The van der Waals surface area contributed by atoms with E-state index in [0.717, 1.165) is 49.4 Å². The van der Waals surface area contributed by atoms with Gasteiger partial charge in [-0.1, -0.05) is 24.3 Å². The summed E-state index contributed by atoms with van der Waals surface area (Å²) in [5.41, 5.74) is 4.37. The Kier molecular flexibility index (Phi) is 4.83. The number of anilines is 1. The van der Waals surface area contributed by atoms with Gasteiger partial charge < -0.3 is 15.0 Å². The van der Waals surface area contributed by atoms with E-state index in [-0.39, 0.29) is 17.6 Å². The number of fused-ring (bicyclic) bond motifs is 2. The summed E-state index contributed by atoms with van der Waals surface area (Å²) in [6, 6.07) is 8.39. The predicted octanol–water partition coefficient (Wildman–Crippen LogP) is 4.07. The second kappa shape index (κ2) is 7.46. The number of nitrogens with zero attached hydrogens (tertiary/aromatic N) is 4. The zero-order chi connectivity index (χ0) is 22.5. The molecule has 8 nitrogen and oxygen atoms in total. The molecule has 0 radical (unpaired) electrons. The monoisotopic (exact) mass is 434 g/mol. The number of carbonyl (C=O) groups excluding carboxylic acids is 1. The molecule has 0 saturated carbocycles. The second-order valence-electron chi connectivity index (χ2n) is 10.0. The van der Waals surface area contributed by atoms with Crippen LogP contribution in [-0.2, 0) is 11.2 Å². The lowest BCUT2D eigenvalue weighted by molar-refractivity contribution is 0.0428. The van der Waals surface area contributed by atoms with Crippen LogP contribution < -0.4 is 10.2 Å². The third-order valence-corrected chi connectivity index (χ3v) is 6.67. The summed E-state index contributed by atoms with van der Waals surface area (Å²) in [6.07, 6.45) is 4.20. The number of hydrogen-bond donors (Lipinski definition) is 2. The lowest BCUT2D eigenvalue weighted by atomic mass is 9.72. The van der Waals surface area contributed by atoms with Crippen molar-refractivity contribution in [2.45, 2.75) is 58.6 Å². The minimum Gasteiger partial charge on any atom is -0.444 e. The maximum absolute atomic E-state index is 12.7. The number of H-pyrrole nitrogens is 1. The maximum atomic E-state index is 12.7. The molecule has 1 spiro atoms. The number of ether oxygens (including phenoxy) is 1. The third-order valence-electron chi connectivity index (χ3n) is 6.67. The van der Waals surface area contributed by atoms with Crippen LogP contribution in [0.5, 0.6) is 0 Å². The highest BCUT2D eigenvalue weighted by Crippen LogP contribution is 2.52. The van der Waals surface area contributed by atoms with Crippen molar-refractivity contribution in [1.29, 1.82) is 0 Å². The van der Waals surface area contributed by atoms with Gasteiger partial charge in [0, 0.05) is 18.5 Å². The minimum atomic E-state index is -0.528. The van der Waals surface area contributed by atoms with Gasteiger partial charge in [0.2, 0.25) is 0 Å². The zero-order valence-corrected chi connectivity index (χ0v) is 19.1. The Hall–Kier alpha value is -3.16. The van der Waals surface area contributed by atoms with Gasteiger partial charge in [-0.3, -0.25) is 5.10 Å². The Morgan fingerprint density at radius 3 is 2.72 bits per heavy atom. The average molecular weight is 435 g/mol. The highest BCUT2D eigenvalue weighted by molar-refractivity contribution is 5.72. The summed E-state index contributed by atoms with van der Waals surface area (Å²) in [7, 11) is 0. The molecule has 1 aliphatic heterocycles. The second-order valence-corrected chi connectivity index (χ2v) is 10.0. The van der Waals surface area contributed by atoms with Gasteiger partial charge in [0.1, 0.15) is 11.1 Å². The van der Waals surface area contributed by atoms with E-state index in [1.807, 2.05) is 27.7 Å². The summed E-state index contributed by atoms with van der Waals surface area (Å²) in [5, 5.41) is 10.2. The molecule has 1 atom stereocenters. The van der Waals surface area contributed by atoms with E-state index in [4.69, 9.17) is 9.72 Å². The van der Waals surface area contributed by atoms with Crippen molar-refractivity contribution < 1.29 is 9.53 Å². The highest BCUT2D eigenvalue weighted by Gasteiger charge is 2.48. The third kappa shape index (κ3) is 3.67. The SMILES string of the molecule is Cc1nc2cn[nH]c2nc1N1CCC2(CC1)Cc1ccccc1[C@H]2NC(=O)OC(C)(C)C. The number of carbonyl (C=O) groups is 1. The molecule has 8 heteroatoms. The molecule has 32 heavy (non-hydrogen) atoms. The fourth-order valence-electron chi connectivity index (χ4n) is 5.23. The number of hydrogen-bond acceptors (Lipinski definition) is 6. The quantitative estimate of drug-likeness (QED) is 0.631. The number of alkyl carbamates (subject to hydrolysis) is 1. The number of aromatic amines is 1. The van der Waals surface area contributed by atoms with E-state index in [1.165, 1.54) is 11.1 Å². The molecule has 2 aliphatic rings. The van der Waals surface area contributed by atoms with Gasteiger partial charge in [-0.25, -0.2) is 14.8 Å². The van der Waals surface area contributed by atoms with Crippen molar-refractivity contribution in [1.82, 2.24) is 25.5 Å². The van der Waals surface area contributed by atoms with E-state index in [2.05, 4.69) is 49.7 Å². The van der Waals surface area contributed by atoms with Crippen LogP contribution in [0.15, 0.2) is 30.5 Å². The van der Waals surface area contributed by atoms with Crippen LogP contribution in [0.1, 0.15) is 56.5 Å². The summed E-state index contributed by atoms with van der Waals surface area (Å²) < 4.78 is 5.60. The van der Waals surface area contributed by atoms with Crippen LogP contribution in [0.2, 0.25) is 0 Å². The molecule has 1 aliphatic carbocycles. The normalized spacial score (nSPS) is 19.9. The van der Waals surface area contributed by atoms with Crippen molar-refractivity contribution in [3.63, 3.8) is 0 Å². The number of amides is 1. The summed E-state index contributed by atoms with van der Waals surface area (Å²) >= 11 is 0. The Balaban J connectivity index is 1.39. The lowest BCUT2D eigenvalue weighted by Gasteiger charge is -2.44. The topological polar surface area (TPSA) is 96.0 Å². The van der Waals surface area contributed by atoms with Crippen molar-refractivity contribution in [3.05, 3.63) is 47.3 Å². The molecule has 2 aromatic heterocycles. The van der Waals surface area contributed by atoms with Crippen LogP contribution in [-0.4, -0.2) is 44.9 Å². The van der Waals surface area contributed by atoms with Crippen LogP contribution >= 0.6 is 0 Å². The van der Waals surface area contributed by atoms with E-state index >= 15 is 0 Å². The van der Waals surface area contributed by atoms with Crippen LogP contribution in [0, 0.1) is 12.3 Å². The van der Waals surface area contributed by atoms with Gasteiger partial charge in [0.25, 0.3) is 0 Å². The number of piperidine rings is 1. The highest BCUT2D eigenvalue weighted by atomic mass is 16.6. The van der Waals surface area contributed by atoms with Gasteiger partial charge in [-0.05, 0) is 58.1 Å². The van der Waals surface area contributed by atoms with Gasteiger partial charge in [-0.15, -0.1) is 0 Å². The van der Waals surface area contributed by atoms with E-state index < -0.39 is 5.60 Å². The molecule has 0 unspecified atom stereocenters. The van der Waals surface area contributed by atoms with E-state index in [9.17, 15) is 4.79 Å². The molecule has 5 rings (SSSR count). The molecule has 1 fully saturated rings. The number of aromatic nitrogens is 4.